The Bertz CT molecular complexity index is 1120. The van der Waals surface area contributed by atoms with Crippen molar-refractivity contribution in [2.75, 3.05) is 66.6 Å². The van der Waals surface area contributed by atoms with E-state index in [0.29, 0.717) is 35.7 Å². The quantitative estimate of drug-likeness (QED) is 0.190. The fourth-order valence-corrected chi connectivity index (χ4v) is 4.35. The Hall–Kier alpha value is -3.42. The summed E-state index contributed by atoms with van der Waals surface area (Å²) in [6.07, 6.45) is 0. The van der Waals surface area contributed by atoms with Gasteiger partial charge in [-0.25, -0.2) is 9.59 Å². The third-order valence-electron chi connectivity index (χ3n) is 8.17. The van der Waals surface area contributed by atoms with Crippen LogP contribution in [0.3, 0.4) is 0 Å². The first-order chi connectivity index (χ1) is 18.7. The molecular formula is C32H44N2O5+2. The number of rotatable bonds is 14. The predicted molar refractivity (Wildman–Crippen MR) is 154 cm³/mol. The fraction of sp³-hybridized carbons (Fsp3) is 0.438. The van der Waals surface area contributed by atoms with E-state index in [2.05, 4.69) is 41.8 Å². The molecule has 2 aromatic carbocycles. The SMILES string of the molecule is CC[N+](C)(CC)CCOC(=O)c1c(-c2ccccc2)oc(-c2ccccc2)c1C(=O)OCC[N+](C)(CC)CC. The minimum atomic E-state index is -0.590. The molecule has 0 spiro atoms. The molecule has 3 aromatic rings. The maximum absolute atomic E-state index is 13.7. The van der Waals surface area contributed by atoms with Gasteiger partial charge in [0, 0.05) is 11.1 Å². The summed E-state index contributed by atoms with van der Waals surface area (Å²) < 4.78 is 19.5. The van der Waals surface area contributed by atoms with Crippen LogP contribution in [0.4, 0.5) is 0 Å². The van der Waals surface area contributed by atoms with Gasteiger partial charge in [0.2, 0.25) is 0 Å². The molecule has 0 aliphatic carbocycles. The number of nitrogens with zero attached hydrogens (tertiary/aromatic N) is 2. The summed E-state index contributed by atoms with van der Waals surface area (Å²) in [5.74, 6) is -0.573. The van der Waals surface area contributed by atoms with Gasteiger partial charge >= 0.3 is 11.9 Å². The maximum Gasteiger partial charge on any atom is 0.343 e. The number of carbonyl (C=O) groups excluding carboxylic acids is 2. The zero-order chi connectivity index (χ0) is 28.5. The van der Waals surface area contributed by atoms with Crippen LogP contribution in [0.25, 0.3) is 22.6 Å². The van der Waals surface area contributed by atoms with E-state index in [1.807, 2.05) is 60.7 Å². The molecule has 3 rings (SSSR count). The molecule has 0 radical (unpaired) electrons. The van der Waals surface area contributed by atoms with Gasteiger partial charge in [-0.05, 0) is 27.7 Å². The summed E-state index contributed by atoms with van der Waals surface area (Å²) in [6, 6.07) is 18.7. The normalized spacial score (nSPS) is 11.8. The number of esters is 2. The molecule has 0 unspecified atom stereocenters. The van der Waals surface area contributed by atoms with Crippen LogP contribution in [0.2, 0.25) is 0 Å². The second-order valence-electron chi connectivity index (χ2n) is 10.5. The van der Waals surface area contributed by atoms with Crippen molar-refractivity contribution < 1.29 is 32.4 Å². The molecule has 0 aliphatic heterocycles. The van der Waals surface area contributed by atoms with Gasteiger partial charge < -0.3 is 22.9 Å². The summed E-state index contributed by atoms with van der Waals surface area (Å²) in [6.45, 7) is 14.0. The highest BCUT2D eigenvalue weighted by Gasteiger charge is 2.34. The van der Waals surface area contributed by atoms with Gasteiger partial charge in [0.25, 0.3) is 0 Å². The molecule has 0 atom stereocenters. The molecule has 0 fully saturated rings. The molecule has 1 aromatic heterocycles. The van der Waals surface area contributed by atoms with Crippen molar-refractivity contribution in [1.29, 1.82) is 0 Å². The number of hydrogen-bond donors (Lipinski definition) is 0. The summed E-state index contributed by atoms with van der Waals surface area (Å²) >= 11 is 0. The van der Waals surface area contributed by atoms with E-state index in [1.54, 1.807) is 0 Å². The van der Waals surface area contributed by atoms with Crippen LogP contribution >= 0.6 is 0 Å². The number of likely N-dealkylation sites (N-methyl/N-ethyl adjacent to an activating group) is 2. The number of quaternary nitrogens is 2. The van der Waals surface area contributed by atoms with Gasteiger partial charge in [-0.2, -0.15) is 0 Å². The predicted octanol–water partition coefficient (Wildman–Crippen LogP) is 5.90. The average Bonchev–Trinajstić information content (AvgIpc) is 3.39. The molecule has 7 nitrogen and oxygen atoms in total. The van der Waals surface area contributed by atoms with Crippen LogP contribution in [0, 0.1) is 0 Å². The van der Waals surface area contributed by atoms with Crippen LogP contribution in [-0.2, 0) is 9.47 Å². The number of benzene rings is 2. The van der Waals surface area contributed by atoms with Crippen LogP contribution in [-0.4, -0.2) is 87.5 Å². The van der Waals surface area contributed by atoms with Crippen molar-refractivity contribution in [3.8, 4) is 22.6 Å². The molecule has 210 valence electrons. The van der Waals surface area contributed by atoms with E-state index >= 15 is 0 Å². The van der Waals surface area contributed by atoms with E-state index in [0.717, 1.165) is 35.1 Å². The lowest BCUT2D eigenvalue weighted by Gasteiger charge is -2.31. The second kappa shape index (κ2) is 13.6. The molecule has 0 amide bonds. The first kappa shape index (κ1) is 30.1. The smallest absolute Gasteiger partial charge is 0.343 e. The molecule has 0 N–H and O–H groups in total. The van der Waals surface area contributed by atoms with Gasteiger partial charge in [-0.3, -0.25) is 0 Å². The summed E-state index contributed by atoms with van der Waals surface area (Å²) in [4.78, 5) is 27.4. The maximum atomic E-state index is 13.7. The van der Waals surface area contributed by atoms with Gasteiger partial charge in [-0.1, -0.05) is 60.7 Å². The highest BCUT2D eigenvalue weighted by atomic mass is 16.5. The zero-order valence-electron chi connectivity index (χ0n) is 24.4. The molecule has 39 heavy (non-hydrogen) atoms. The Labute approximate surface area is 233 Å². The monoisotopic (exact) mass is 536 g/mol. The average molecular weight is 537 g/mol. The van der Waals surface area contributed by atoms with Crippen LogP contribution in [0.1, 0.15) is 48.4 Å². The Kier molecular flexibility index (Phi) is 10.5. The Morgan fingerprint density at radius 3 is 1.26 bits per heavy atom. The molecule has 0 aliphatic rings. The van der Waals surface area contributed by atoms with Crippen molar-refractivity contribution in [1.82, 2.24) is 0 Å². The van der Waals surface area contributed by atoms with Gasteiger partial charge in [0.05, 0.1) is 40.3 Å². The van der Waals surface area contributed by atoms with Gasteiger partial charge in [-0.15, -0.1) is 0 Å². The van der Waals surface area contributed by atoms with Crippen LogP contribution in [0.5, 0.6) is 0 Å². The van der Waals surface area contributed by atoms with Gasteiger partial charge in [0.15, 0.2) is 0 Å². The third kappa shape index (κ3) is 7.37. The lowest BCUT2D eigenvalue weighted by molar-refractivity contribution is -0.906. The molecule has 7 heteroatoms. The topological polar surface area (TPSA) is 65.7 Å². The molecule has 0 saturated carbocycles. The van der Waals surface area contributed by atoms with Crippen molar-refractivity contribution in [2.45, 2.75) is 27.7 Å². The molecule has 1 heterocycles. The largest absolute Gasteiger partial charge is 0.456 e. The van der Waals surface area contributed by atoms with E-state index in [1.165, 1.54) is 0 Å². The molecule has 0 saturated heterocycles. The van der Waals surface area contributed by atoms with E-state index in [-0.39, 0.29) is 24.3 Å². The Balaban J connectivity index is 2.05. The number of furan rings is 1. The van der Waals surface area contributed by atoms with Crippen molar-refractivity contribution in [3.05, 3.63) is 71.8 Å². The molecular weight excluding hydrogens is 492 g/mol. The Morgan fingerprint density at radius 1 is 0.615 bits per heavy atom. The van der Waals surface area contributed by atoms with Crippen LogP contribution in [0.15, 0.2) is 65.1 Å². The lowest BCUT2D eigenvalue weighted by Crippen LogP contribution is -2.46. The number of carbonyl (C=O) groups is 2. The second-order valence-corrected chi connectivity index (χ2v) is 10.5. The minimum absolute atomic E-state index is 0.107. The summed E-state index contributed by atoms with van der Waals surface area (Å²) in [7, 11) is 4.27. The summed E-state index contributed by atoms with van der Waals surface area (Å²) in [5, 5.41) is 0. The number of hydrogen-bond acceptors (Lipinski definition) is 5. The fourth-order valence-electron chi connectivity index (χ4n) is 4.35. The van der Waals surface area contributed by atoms with Gasteiger partial charge in [0.1, 0.15) is 49.0 Å². The first-order valence-corrected chi connectivity index (χ1v) is 14.0. The van der Waals surface area contributed by atoms with Crippen LogP contribution < -0.4 is 0 Å². The van der Waals surface area contributed by atoms with E-state index < -0.39 is 11.9 Å². The summed E-state index contributed by atoms with van der Waals surface area (Å²) in [5.41, 5.74) is 1.58. The van der Waals surface area contributed by atoms with Crippen molar-refractivity contribution in [3.63, 3.8) is 0 Å². The minimum Gasteiger partial charge on any atom is -0.456 e. The molecule has 0 bridgehead atoms. The highest BCUT2D eigenvalue weighted by Crippen LogP contribution is 2.38. The zero-order valence-corrected chi connectivity index (χ0v) is 24.4. The lowest BCUT2D eigenvalue weighted by atomic mass is 10.0. The highest BCUT2D eigenvalue weighted by molar-refractivity contribution is 6.10. The van der Waals surface area contributed by atoms with Crippen molar-refractivity contribution in [2.24, 2.45) is 0 Å². The van der Waals surface area contributed by atoms with E-state index in [9.17, 15) is 9.59 Å². The standard InChI is InChI=1S/C32H44N2O5/c1-7-33(5,8-2)21-23-37-31(35)27-28(32(36)38-24-22-34(6,9-3)10-4)30(26-19-15-12-16-20-26)39-29(27)25-17-13-11-14-18-25/h11-20H,7-10,21-24H2,1-6H3/q+2. The number of ether oxygens (including phenoxy) is 2. The first-order valence-electron chi connectivity index (χ1n) is 14.0. The van der Waals surface area contributed by atoms with Crippen molar-refractivity contribution >= 4 is 11.9 Å². The van der Waals surface area contributed by atoms with E-state index in [4.69, 9.17) is 13.9 Å². The third-order valence-corrected chi connectivity index (χ3v) is 8.17. The Morgan fingerprint density at radius 2 is 0.949 bits per heavy atom.